The molecule has 2 aromatic rings. The number of nitrogens with zero attached hydrogens (tertiary/aromatic N) is 3. The number of ether oxygens (including phenoxy) is 2. The van der Waals surface area contributed by atoms with E-state index in [1.807, 2.05) is 43.3 Å². The van der Waals surface area contributed by atoms with E-state index in [1.54, 1.807) is 31.2 Å². The molecule has 0 saturated carbocycles. The molecule has 2 aliphatic rings. The molecule has 4 unspecified atom stereocenters. The van der Waals surface area contributed by atoms with Crippen LogP contribution in [-0.4, -0.2) is 5.90 Å². The summed E-state index contributed by atoms with van der Waals surface area (Å²) < 4.78 is 13.2. The number of rotatable bonds is 2. The highest BCUT2D eigenvalue weighted by Gasteiger charge is 2.79. The zero-order valence-electron chi connectivity index (χ0n) is 16.3. The van der Waals surface area contributed by atoms with Gasteiger partial charge >= 0.3 is 0 Å². The Labute approximate surface area is 182 Å². The highest BCUT2D eigenvalue weighted by molar-refractivity contribution is 9.10. The van der Waals surface area contributed by atoms with Crippen LogP contribution in [0.2, 0.25) is 0 Å². The second-order valence-electron chi connectivity index (χ2n) is 7.69. The summed E-state index contributed by atoms with van der Waals surface area (Å²) in [6, 6.07) is 20.7. The topological polar surface area (TPSA) is 114 Å². The monoisotopic (exact) mass is 460 g/mol. The smallest absolute Gasteiger partial charge is 0.244 e. The second-order valence-corrected chi connectivity index (χ2v) is 8.60. The van der Waals surface area contributed by atoms with E-state index in [4.69, 9.17) is 14.9 Å². The minimum absolute atomic E-state index is 0.416. The molecular formula is C23H17BrN4O2. The van der Waals surface area contributed by atoms with Crippen LogP contribution in [0.1, 0.15) is 29.7 Å². The Kier molecular flexibility index (Phi) is 4.47. The van der Waals surface area contributed by atoms with E-state index in [0.717, 1.165) is 10.0 Å². The average Bonchev–Trinajstić information content (AvgIpc) is 2.91. The summed E-state index contributed by atoms with van der Waals surface area (Å²) >= 11 is 3.38. The van der Waals surface area contributed by atoms with Crippen molar-refractivity contribution < 1.29 is 9.47 Å². The van der Waals surface area contributed by atoms with Crippen LogP contribution in [0.5, 0.6) is 0 Å². The lowest BCUT2D eigenvalue weighted by atomic mass is 9.53. The Morgan fingerprint density at radius 1 is 0.967 bits per heavy atom. The molecule has 1 N–H and O–H groups in total. The van der Waals surface area contributed by atoms with E-state index in [9.17, 15) is 15.8 Å². The van der Waals surface area contributed by atoms with Gasteiger partial charge in [0.1, 0.15) is 6.10 Å². The first-order chi connectivity index (χ1) is 14.3. The normalized spacial score (nSPS) is 31.1. The van der Waals surface area contributed by atoms with Crippen LogP contribution < -0.4 is 0 Å². The van der Waals surface area contributed by atoms with E-state index >= 15 is 0 Å². The first kappa shape index (κ1) is 20.1. The molecule has 6 nitrogen and oxygen atoms in total. The zero-order valence-corrected chi connectivity index (χ0v) is 17.9. The van der Waals surface area contributed by atoms with Crippen molar-refractivity contribution in [2.75, 3.05) is 0 Å². The Hall–Kier alpha value is -3.18. The molecule has 2 bridgehead atoms. The lowest BCUT2D eigenvalue weighted by molar-refractivity contribution is -0.288. The predicted octanol–water partition coefficient (Wildman–Crippen LogP) is 4.87. The van der Waals surface area contributed by atoms with Gasteiger partial charge in [0.25, 0.3) is 0 Å². The highest BCUT2D eigenvalue weighted by Crippen LogP contribution is 2.68. The van der Waals surface area contributed by atoms with Gasteiger partial charge in [-0.3, -0.25) is 5.41 Å². The van der Waals surface area contributed by atoms with Crippen molar-refractivity contribution in [2.24, 2.45) is 16.7 Å². The molecule has 2 heterocycles. The van der Waals surface area contributed by atoms with Crippen LogP contribution in [0.25, 0.3) is 0 Å². The number of benzene rings is 2. The molecule has 7 heteroatoms. The molecule has 0 aromatic heterocycles. The quantitative estimate of drug-likeness (QED) is 0.686. The highest BCUT2D eigenvalue weighted by atomic mass is 79.9. The van der Waals surface area contributed by atoms with Gasteiger partial charge in [-0.05, 0) is 24.6 Å². The zero-order chi connectivity index (χ0) is 21.7. The summed E-state index contributed by atoms with van der Waals surface area (Å²) in [5.74, 6) is -2.65. The SMILES string of the molecule is Cc1ccc(C23OC(=N)C(C#N)(C2C)C(C#N)(C#N)C(c2ccc(Br)cc2)O3)cc1. The van der Waals surface area contributed by atoms with Crippen LogP contribution in [0, 0.1) is 63.1 Å². The lowest BCUT2D eigenvalue weighted by Crippen LogP contribution is -2.57. The minimum atomic E-state index is -1.96. The maximum absolute atomic E-state index is 10.3. The third kappa shape index (κ3) is 2.27. The summed E-state index contributed by atoms with van der Waals surface area (Å²) in [5, 5.41) is 39.3. The molecule has 0 aliphatic carbocycles. The third-order valence-corrected chi connectivity index (χ3v) is 6.82. The Balaban J connectivity index is 2.03. The van der Waals surface area contributed by atoms with Crippen LogP contribution >= 0.6 is 15.9 Å². The molecule has 2 aliphatic heterocycles. The van der Waals surface area contributed by atoms with Crippen molar-refractivity contribution >= 4 is 21.8 Å². The summed E-state index contributed by atoms with van der Waals surface area (Å²) in [6.45, 7) is 3.65. The number of hydrogen-bond acceptors (Lipinski definition) is 6. The molecule has 0 radical (unpaired) electrons. The van der Waals surface area contributed by atoms with Gasteiger partial charge in [-0.1, -0.05) is 64.8 Å². The maximum atomic E-state index is 10.3. The second kappa shape index (κ2) is 6.67. The Morgan fingerprint density at radius 3 is 2.10 bits per heavy atom. The van der Waals surface area contributed by atoms with Gasteiger partial charge in [0, 0.05) is 10.0 Å². The fraction of sp³-hybridized carbons (Fsp3) is 0.304. The average molecular weight is 461 g/mol. The lowest BCUT2D eigenvalue weighted by Gasteiger charge is -2.48. The number of hydrogen-bond donors (Lipinski definition) is 1. The maximum Gasteiger partial charge on any atom is 0.244 e. The van der Waals surface area contributed by atoms with Gasteiger partial charge in [0.2, 0.25) is 17.1 Å². The summed E-state index contributed by atoms with van der Waals surface area (Å²) in [5.41, 5.74) is -1.53. The van der Waals surface area contributed by atoms with E-state index in [2.05, 4.69) is 22.0 Å². The molecule has 148 valence electrons. The molecule has 2 aromatic carbocycles. The van der Waals surface area contributed by atoms with Gasteiger partial charge in [-0.15, -0.1) is 0 Å². The van der Waals surface area contributed by atoms with Crippen LogP contribution in [-0.2, 0) is 15.3 Å². The van der Waals surface area contributed by atoms with Gasteiger partial charge < -0.3 is 9.47 Å². The fourth-order valence-corrected chi connectivity index (χ4v) is 4.86. The number of nitriles is 3. The van der Waals surface area contributed by atoms with Crippen molar-refractivity contribution in [3.05, 3.63) is 69.7 Å². The molecule has 4 rings (SSSR count). The fourth-order valence-electron chi connectivity index (χ4n) is 4.59. The van der Waals surface area contributed by atoms with E-state index in [0.29, 0.717) is 11.1 Å². The molecule has 4 atom stereocenters. The summed E-state index contributed by atoms with van der Waals surface area (Å²) in [7, 11) is 0. The van der Waals surface area contributed by atoms with Gasteiger partial charge in [-0.25, -0.2) is 0 Å². The van der Waals surface area contributed by atoms with Crippen molar-refractivity contribution in [2.45, 2.75) is 25.7 Å². The van der Waals surface area contributed by atoms with Crippen molar-refractivity contribution in [3.63, 3.8) is 0 Å². The molecular weight excluding hydrogens is 444 g/mol. The third-order valence-electron chi connectivity index (χ3n) is 6.30. The number of halogens is 1. The molecule has 30 heavy (non-hydrogen) atoms. The van der Waals surface area contributed by atoms with Crippen molar-refractivity contribution in [1.82, 2.24) is 0 Å². The Bertz CT molecular complexity index is 1140. The largest absolute Gasteiger partial charge is 0.443 e. The van der Waals surface area contributed by atoms with Crippen molar-refractivity contribution in [3.8, 4) is 18.2 Å². The standard InChI is InChI=1S/C23H17BrN4O2/c1-14-3-7-17(8-4-14)23-15(2)22(13-27,20(28)30-23)21(11-25,12-26)19(29-23)16-5-9-18(24)10-6-16/h3-10,15,19,28H,1-2H3. The van der Waals surface area contributed by atoms with Crippen molar-refractivity contribution in [1.29, 1.82) is 21.2 Å². The first-order valence-corrected chi connectivity index (χ1v) is 10.1. The van der Waals surface area contributed by atoms with E-state index in [1.165, 1.54) is 0 Å². The number of nitrogens with one attached hydrogen (secondary N) is 1. The molecule has 2 saturated heterocycles. The van der Waals surface area contributed by atoms with Crippen LogP contribution in [0.3, 0.4) is 0 Å². The Morgan fingerprint density at radius 2 is 1.57 bits per heavy atom. The predicted molar refractivity (Wildman–Crippen MR) is 111 cm³/mol. The van der Waals surface area contributed by atoms with Gasteiger partial charge in [0.05, 0.1) is 24.1 Å². The molecule has 2 fully saturated rings. The molecule has 0 amide bonds. The van der Waals surface area contributed by atoms with E-state index < -0.39 is 34.5 Å². The van der Waals surface area contributed by atoms with Gasteiger partial charge in [-0.2, -0.15) is 15.8 Å². The number of fused-ring (bicyclic) bond motifs is 2. The van der Waals surface area contributed by atoms with E-state index in [-0.39, 0.29) is 0 Å². The first-order valence-electron chi connectivity index (χ1n) is 9.33. The molecule has 0 spiro atoms. The minimum Gasteiger partial charge on any atom is -0.443 e. The van der Waals surface area contributed by atoms with Crippen LogP contribution in [0.4, 0.5) is 0 Å². The summed E-state index contributed by atoms with van der Waals surface area (Å²) in [4.78, 5) is 0. The van der Waals surface area contributed by atoms with Crippen LogP contribution in [0.15, 0.2) is 53.0 Å². The summed E-state index contributed by atoms with van der Waals surface area (Å²) in [6.07, 6.45) is -1.10. The van der Waals surface area contributed by atoms with Gasteiger partial charge in [0.15, 0.2) is 5.41 Å². The number of aryl methyl sites for hydroxylation is 1.